The number of aryl methyl sites for hydroxylation is 1. The second-order valence-electron chi connectivity index (χ2n) is 8.67. The predicted molar refractivity (Wildman–Crippen MR) is 116 cm³/mol. The molecule has 2 heterocycles. The maximum atomic E-state index is 6.18. The van der Waals surface area contributed by atoms with Gasteiger partial charge in [-0.1, -0.05) is 77.6 Å². The van der Waals surface area contributed by atoms with Crippen molar-refractivity contribution in [1.82, 2.24) is 0 Å². The van der Waals surface area contributed by atoms with Gasteiger partial charge in [-0.05, 0) is 25.3 Å². The van der Waals surface area contributed by atoms with Crippen LogP contribution in [0.1, 0.15) is 102 Å². The van der Waals surface area contributed by atoms with E-state index in [-0.39, 0.29) is 24.0 Å². The molecular weight excluding hydrogens is 473 g/mol. The normalized spacial score (nSPS) is 18.7. The predicted octanol–water partition coefficient (Wildman–Crippen LogP) is 3.28. The van der Waals surface area contributed by atoms with Gasteiger partial charge in [-0.3, -0.25) is 0 Å². The highest BCUT2D eigenvalue weighted by Gasteiger charge is 2.24. The van der Waals surface area contributed by atoms with Crippen molar-refractivity contribution in [3.8, 4) is 0 Å². The summed E-state index contributed by atoms with van der Waals surface area (Å²) in [4.78, 5) is 0. The van der Waals surface area contributed by atoms with E-state index < -0.39 is 0 Å². The molecule has 1 fully saturated rings. The van der Waals surface area contributed by atoms with Crippen LogP contribution in [-0.4, -0.2) is 18.8 Å². The van der Waals surface area contributed by atoms with E-state index in [4.69, 9.17) is 9.47 Å². The molecule has 1 aliphatic rings. The molecule has 3 nitrogen and oxygen atoms in total. The largest absolute Gasteiger partial charge is 1.00 e. The highest BCUT2D eigenvalue weighted by Crippen LogP contribution is 2.24. The number of pyridine rings is 1. The summed E-state index contributed by atoms with van der Waals surface area (Å²) in [6.07, 6.45) is 24.1. The average molecular weight is 518 g/mol. The fraction of sp³-hybridized carbons (Fsp3) is 0.800. The van der Waals surface area contributed by atoms with E-state index in [0.29, 0.717) is 18.8 Å². The minimum absolute atomic E-state index is 0. The number of rotatable bonds is 16. The summed E-state index contributed by atoms with van der Waals surface area (Å²) in [5.41, 5.74) is 1.22. The molecule has 1 aromatic heterocycles. The first-order valence-electron chi connectivity index (χ1n) is 12.0. The van der Waals surface area contributed by atoms with Gasteiger partial charge in [0.1, 0.15) is 7.05 Å². The zero-order valence-electron chi connectivity index (χ0n) is 18.9. The van der Waals surface area contributed by atoms with Crippen LogP contribution >= 0.6 is 0 Å². The Morgan fingerprint density at radius 2 is 1.55 bits per heavy atom. The minimum atomic E-state index is 0. The lowest BCUT2D eigenvalue weighted by Gasteiger charge is -2.14. The van der Waals surface area contributed by atoms with E-state index in [1.54, 1.807) is 0 Å². The van der Waals surface area contributed by atoms with Crippen LogP contribution in [0, 0.1) is 0 Å². The van der Waals surface area contributed by atoms with Crippen molar-refractivity contribution in [3.63, 3.8) is 0 Å². The standard InChI is InChI=1S/C25H44NO2.HI/c1-3-4-5-6-7-8-9-10-11-12-13-16-24-17-18-25(28-24)22-27-21-23-15-14-19-26(2)20-23;/h14-15,19-20,24-25H,3-13,16-18,21-22H2,1-2H3;1H/q+1;/p-1. The molecule has 0 amide bonds. The molecule has 1 saturated heterocycles. The van der Waals surface area contributed by atoms with Gasteiger partial charge in [0.25, 0.3) is 0 Å². The Hall–Kier alpha value is -0.200. The fourth-order valence-electron chi connectivity index (χ4n) is 4.19. The number of halogens is 1. The third-order valence-electron chi connectivity index (χ3n) is 5.90. The summed E-state index contributed by atoms with van der Waals surface area (Å²) >= 11 is 0. The highest BCUT2D eigenvalue weighted by molar-refractivity contribution is 5.03. The van der Waals surface area contributed by atoms with Gasteiger partial charge in [0, 0.05) is 11.6 Å². The van der Waals surface area contributed by atoms with Crippen LogP contribution in [0.4, 0.5) is 0 Å². The summed E-state index contributed by atoms with van der Waals surface area (Å²) in [5, 5.41) is 0. The number of ether oxygens (including phenoxy) is 2. The molecule has 4 heteroatoms. The lowest BCUT2D eigenvalue weighted by molar-refractivity contribution is -0.672. The zero-order chi connectivity index (χ0) is 19.9. The molecule has 0 spiro atoms. The van der Waals surface area contributed by atoms with Crippen molar-refractivity contribution in [2.24, 2.45) is 7.05 Å². The minimum Gasteiger partial charge on any atom is -1.00 e. The lowest BCUT2D eigenvalue weighted by atomic mass is 10.0. The molecule has 0 aliphatic carbocycles. The molecule has 1 aliphatic heterocycles. The summed E-state index contributed by atoms with van der Waals surface area (Å²) in [5.74, 6) is 0. The molecule has 29 heavy (non-hydrogen) atoms. The highest BCUT2D eigenvalue weighted by atomic mass is 127. The lowest BCUT2D eigenvalue weighted by Crippen LogP contribution is -3.00. The fourth-order valence-corrected chi connectivity index (χ4v) is 4.19. The molecule has 0 bridgehead atoms. The number of unbranched alkanes of at least 4 members (excludes halogenated alkanes) is 10. The van der Waals surface area contributed by atoms with Gasteiger partial charge in [-0.2, -0.15) is 0 Å². The van der Waals surface area contributed by atoms with E-state index in [9.17, 15) is 0 Å². The molecule has 168 valence electrons. The SMILES string of the molecule is CCCCCCCCCCCCCC1CCC(COCc2ccc[n+](C)c2)O1.[I-]. The van der Waals surface area contributed by atoms with Gasteiger partial charge in [-0.25, -0.2) is 4.57 Å². The molecule has 2 rings (SSSR count). The Bertz CT molecular complexity index is 511. The molecule has 0 saturated carbocycles. The summed E-state index contributed by atoms with van der Waals surface area (Å²) in [6, 6.07) is 4.18. The molecular formula is C25H44INO2. The third-order valence-corrected chi connectivity index (χ3v) is 5.90. The van der Waals surface area contributed by atoms with E-state index in [1.165, 1.54) is 89.0 Å². The topological polar surface area (TPSA) is 22.3 Å². The first-order chi connectivity index (χ1) is 13.8. The Labute approximate surface area is 197 Å². The second kappa shape index (κ2) is 17.5. The summed E-state index contributed by atoms with van der Waals surface area (Å²) in [6.45, 7) is 3.70. The van der Waals surface area contributed by atoms with E-state index >= 15 is 0 Å². The maximum absolute atomic E-state index is 6.18. The van der Waals surface area contributed by atoms with Crippen LogP contribution in [-0.2, 0) is 23.1 Å². The van der Waals surface area contributed by atoms with Crippen molar-refractivity contribution >= 4 is 0 Å². The third kappa shape index (κ3) is 13.0. The van der Waals surface area contributed by atoms with Crippen molar-refractivity contribution in [2.45, 2.75) is 116 Å². The van der Waals surface area contributed by atoms with Gasteiger partial charge in [0.05, 0.1) is 25.4 Å². The molecule has 0 N–H and O–H groups in total. The van der Waals surface area contributed by atoms with Crippen molar-refractivity contribution in [1.29, 1.82) is 0 Å². The number of aromatic nitrogens is 1. The average Bonchev–Trinajstić information content (AvgIpc) is 3.14. The molecule has 2 unspecified atom stereocenters. The number of hydrogen-bond donors (Lipinski definition) is 0. The molecule has 0 radical (unpaired) electrons. The van der Waals surface area contributed by atoms with Crippen molar-refractivity contribution in [2.75, 3.05) is 6.61 Å². The second-order valence-corrected chi connectivity index (χ2v) is 8.67. The molecule has 0 aromatic carbocycles. The van der Waals surface area contributed by atoms with Gasteiger partial charge >= 0.3 is 0 Å². The monoisotopic (exact) mass is 517 g/mol. The zero-order valence-corrected chi connectivity index (χ0v) is 21.1. The van der Waals surface area contributed by atoms with Crippen molar-refractivity contribution in [3.05, 3.63) is 30.1 Å². The number of hydrogen-bond acceptors (Lipinski definition) is 2. The molecule has 2 atom stereocenters. The van der Waals surface area contributed by atoms with Crippen LogP contribution in [0.5, 0.6) is 0 Å². The first-order valence-corrected chi connectivity index (χ1v) is 12.0. The van der Waals surface area contributed by atoms with E-state index in [2.05, 4.69) is 29.8 Å². The van der Waals surface area contributed by atoms with Crippen LogP contribution in [0.15, 0.2) is 24.5 Å². The Kier molecular flexibility index (Phi) is 16.2. The Morgan fingerprint density at radius 1 is 0.931 bits per heavy atom. The van der Waals surface area contributed by atoms with Crippen molar-refractivity contribution < 1.29 is 38.0 Å². The van der Waals surface area contributed by atoms with Crippen LogP contribution in [0.3, 0.4) is 0 Å². The first kappa shape index (κ1) is 26.8. The molecule has 1 aromatic rings. The summed E-state index contributed by atoms with van der Waals surface area (Å²) < 4.78 is 14.1. The van der Waals surface area contributed by atoms with Crippen LogP contribution < -0.4 is 28.5 Å². The van der Waals surface area contributed by atoms with E-state index in [0.717, 1.165) is 13.0 Å². The maximum Gasteiger partial charge on any atom is 0.174 e. The van der Waals surface area contributed by atoms with E-state index in [1.807, 2.05) is 13.2 Å². The summed E-state index contributed by atoms with van der Waals surface area (Å²) in [7, 11) is 2.04. The van der Waals surface area contributed by atoms with Crippen LogP contribution in [0.2, 0.25) is 0 Å². The van der Waals surface area contributed by atoms with Gasteiger partial charge in [0.15, 0.2) is 12.4 Å². The van der Waals surface area contributed by atoms with Gasteiger partial charge in [-0.15, -0.1) is 0 Å². The quantitative estimate of drug-likeness (QED) is 0.191. The van der Waals surface area contributed by atoms with Crippen LogP contribution in [0.25, 0.3) is 0 Å². The number of nitrogens with zero attached hydrogens (tertiary/aromatic N) is 1. The Balaban J connectivity index is 0.00000420. The smallest absolute Gasteiger partial charge is 0.174 e. The van der Waals surface area contributed by atoms with Gasteiger partial charge in [0.2, 0.25) is 0 Å². The van der Waals surface area contributed by atoms with Gasteiger partial charge < -0.3 is 33.5 Å². The Morgan fingerprint density at radius 3 is 2.21 bits per heavy atom.